The van der Waals surface area contributed by atoms with Gasteiger partial charge in [0.15, 0.2) is 5.82 Å². The average molecular weight is 1050 g/mol. The summed E-state index contributed by atoms with van der Waals surface area (Å²) in [4.78, 5) is 73.9. The van der Waals surface area contributed by atoms with E-state index >= 15 is 0 Å². The van der Waals surface area contributed by atoms with Gasteiger partial charge in [-0.15, -0.1) is 10.2 Å². The number of carboxylic acids is 1. The van der Waals surface area contributed by atoms with Gasteiger partial charge in [-0.25, -0.2) is 14.4 Å². The fourth-order valence-corrected chi connectivity index (χ4v) is 8.04. The molecule has 16 nitrogen and oxygen atoms in total. The number of aryl methyl sites for hydroxylation is 1. The molecule has 3 amide bonds. The molecule has 2 saturated carbocycles. The Bertz CT molecular complexity index is 2590. The van der Waals surface area contributed by atoms with Gasteiger partial charge in [0.05, 0.1) is 7.11 Å². The Kier molecular flexibility index (Phi) is 18.4. The minimum atomic E-state index is -5.23. The number of nitrogens with two attached hydrogens (primary N) is 1. The number of hydrogen-bond donors (Lipinski definition) is 6. The van der Waals surface area contributed by atoms with Crippen molar-refractivity contribution in [3.8, 4) is 22.5 Å². The number of nitrogens with one attached hydrogen (secondary N) is 4. The van der Waals surface area contributed by atoms with Crippen LogP contribution in [-0.2, 0) is 45.8 Å². The first-order valence-corrected chi connectivity index (χ1v) is 22.4. The van der Waals surface area contributed by atoms with E-state index in [0.717, 1.165) is 29.5 Å². The van der Waals surface area contributed by atoms with Crippen LogP contribution in [-0.4, -0.2) is 106 Å². The van der Waals surface area contributed by atoms with Crippen molar-refractivity contribution in [1.82, 2.24) is 25.8 Å². The van der Waals surface area contributed by atoms with Gasteiger partial charge in [-0.2, -0.15) is 43.9 Å². The highest BCUT2D eigenvalue weighted by molar-refractivity contribution is 5.98. The molecular formula is C47H49F10N7O9. The topological polar surface area (TPSA) is 245 Å². The maximum Gasteiger partial charge on any atom is 0.490 e. The normalized spacial score (nSPS) is 18.8. The van der Waals surface area contributed by atoms with Crippen LogP contribution in [0.2, 0.25) is 0 Å². The zero-order valence-electron chi connectivity index (χ0n) is 38.8. The van der Waals surface area contributed by atoms with Gasteiger partial charge in [0.2, 0.25) is 17.6 Å². The van der Waals surface area contributed by atoms with Crippen molar-refractivity contribution in [1.29, 1.82) is 0 Å². The first-order valence-electron chi connectivity index (χ1n) is 22.4. The molecule has 26 heteroatoms. The van der Waals surface area contributed by atoms with Crippen LogP contribution in [0, 0.1) is 18.8 Å². The molecule has 2 aliphatic rings. The SMILES string of the molecule is COC(=O)C(F)(F)C(F)(F)c1nnc(-c2ccc(NC(=O)[C@H](Cc3ccc(-c4ccc(C(=O)N[C@H]5CC[C@H](OC(=O)C(F)(F)F)CC5)cc4C)cc3)NC(=O)[C@H]3CC[C@H](CN)CC3)cc2)[nH]1.O=C(O)C(F)(F)F. The number of halogens is 10. The first-order chi connectivity index (χ1) is 34.1. The summed E-state index contributed by atoms with van der Waals surface area (Å²) in [5, 5.41) is 22.3. The van der Waals surface area contributed by atoms with Crippen molar-refractivity contribution < 1.29 is 87.3 Å². The highest BCUT2D eigenvalue weighted by Crippen LogP contribution is 2.42. The minimum Gasteiger partial charge on any atom is -0.475 e. The van der Waals surface area contributed by atoms with Gasteiger partial charge < -0.3 is 41.2 Å². The Hall–Kier alpha value is -7.12. The number of alkyl halides is 10. The summed E-state index contributed by atoms with van der Waals surface area (Å²) in [5.41, 5.74) is 9.70. The van der Waals surface area contributed by atoms with E-state index in [9.17, 15) is 67.9 Å². The number of H-pyrrole nitrogens is 1. The molecule has 6 rings (SSSR count). The second-order valence-electron chi connectivity index (χ2n) is 17.3. The zero-order chi connectivity index (χ0) is 54.1. The van der Waals surface area contributed by atoms with Crippen LogP contribution in [0.1, 0.15) is 78.7 Å². The molecule has 0 unspecified atom stereocenters. The summed E-state index contributed by atoms with van der Waals surface area (Å²) in [5.74, 6) is -20.9. The van der Waals surface area contributed by atoms with Gasteiger partial charge in [-0.3, -0.25) is 14.4 Å². The molecule has 1 atom stereocenters. The number of aromatic amines is 1. The number of benzene rings is 3. The van der Waals surface area contributed by atoms with Gasteiger partial charge in [-0.05, 0) is 129 Å². The van der Waals surface area contributed by atoms with E-state index in [2.05, 4.69) is 35.6 Å². The number of amides is 3. The van der Waals surface area contributed by atoms with Crippen LogP contribution in [0.25, 0.3) is 22.5 Å². The molecule has 0 bridgehead atoms. The molecule has 0 saturated heterocycles. The number of carboxylic acid groups (broad SMARTS) is 1. The Balaban J connectivity index is 0.00000131. The summed E-state index contributed by atoms with van der Waals surface area (Å²) >= 11 is 0. The predicted molar refractivity (Wildman–Crippen MR) is 237 cm³/mol. The standard InChI is InChI=1S/C45H48F7N7O7.C2HF3O2/c1-24-21-30(38(61)54-32-16-18-33(19-17-32)66-42(64)45(50,51)52)13-20-34(24)27-7-3-25(4-8-27)22-35(56-37(60)29-9-5-26(23-53)6-10-29)39(62)55-31-14-11-28(12-15-31)36-57-40(59-58-36)43(46,47)44(48,49)41(63)65-2;3-2(4,5)1(6)7/h3-4,7-8,11-15,20-21,26,29,32-33,35H,5-6,9-10,16-19,22-23,53H2,1-2H3,(H,54,61)(H,55,62)(H,56,60)(H,57,58,59);(H,6,7)/t26-,29-,32-,33-,35-;/m0./s1. The zero-order valence-corrected chi connectivity index (χ0v) is 38.8. The second kappa shape index (κ2) is 23.6. The van der Waals surface area contributed by atoms with Gasteiger partial charge in [0.1, 0.15) is 12.1 Å². The van der Waals surface area contributed by atoms with Crippen LogP contribution >= 0.6 is 0 Å². The third kappa shape index (κ3) is 14.7. The van der Waals surface area contributed by atoms with Crippen molar-refractivity contribution in [2.45, 2.75) is 107 Å². The molecule has 3 aromatic carbocycles. The van der Waals surface area contributed by atoms with E-state index in [1.54, 1.807) is 18.2 Å². The highest BCUT2D eigenvalue weighted by Gasteiger charge is 2.66. The van der Waals surface area contributed by atoms with Gasteiger partial charge in [0.25, 0.3) is 5.91 Å². The van der Waals surface area contributed by atoms with E-state index in [1.165, 1.54) is 24.3 Å². The molecule has 0 spiro atoms. The van der Waals surface area contributed by atoms with E-state index in [1.807, 2.05) is 36.2 Å². The number of methoxy groups -OCH3 is 1. The van der Waals surface area contributed by atoms with E-state index < -0.39 is 66.0 Å². The molecule has 0 aliphatic heterocycles. The van der Waals surface area contributed by atoms with E-state index in [0.29, 0.717) is 56.4 Å². The molecule has 4 aromatic rings. The number of aliphatic carboxylic acids is 1. The van der Waals surface area contributed by atoms with Crippen molar-refractivity contribution in [2.24, 2.45) is 17.6 Å². The molecule has 1 aromatic heterocycles. The second-order valence-corrected chi connectivity index (χ2v) is 17.3. The summed E-state index contributed by atoms with van der Waals surface area (Å²) < 4.78 is 135. The molecule has 0 radical (unpaired) electrons. The lowest BCUT2D eigenvalue weighted by molar-refractivity contribution is -0.233. The average Bonchev–Trinajstić information content (AvgIpc) is 3.86. The van der Waals surface area contributed by atoms with Crippen LogP contribution in [0.5, 0.6) is 0 Å². The number of esters is 2. The molecular weight excluding hydrogens is 997 g/mol. The first kappa shape index (κ1) is 56.8. The molecule has 2 fully saturated rings. The number of hydrogen-bond acceptors (Lipinski definition) is 11. The Labute approximate surface area is 409 Å². The van der Waals surface area contributed by atoms with E-state index in [4.69, 9.17) is 15.6 Å². The Morgan fingerprint density at radius 3 is 1.89 bits per heavy atom. The van der Waals surface area contributed by atoms with Crippen molar-refractivity contribution in [3.05, 3.63) is 89.2 Å². The van der Waals surface area contributed by atoms with Crippen molar-refractivity contribution in [2.75, 3.05) is 19.0 Å². The fourth-order valence-electron chi connectivity index (χ4n) is 8.04. The van der Waals surface area contributed by atoms with Crippen LogP contribution < -0.4 is 21.7 Å². The summed E-state index contributed by atoms with van der Waals surface area (Å²) in [6.07, 6.45) is -7.10. The van der Waals surface area contributed by atoms with E-state index in [-0.39, 0.29) is 60.1 Å². The lowest BCUT2D eigenvalue weighted by Gasteiger charge is -2.29. The number of rotatable bonds is 15. The number of aromatic nitrogens is 3. The Morgan fingerprint density at radius 2 is 1.36 bits per heavy atom. The quantitative estimate of drug-likeness (QED) is 0.0499. The maximum absolute atomic E-state index is 14.5. The lowest BCUT2D eigenvalue weighted by Crippen LogP contribution is -2.48. The largest absolute Gasteiger partial charge is 0.490 e. The van der Waals surface area contributed by atoms with Crippen molar-refractivity contribution >= 4 is 41.3 Å². The third-order valence-corrected chi connectivity index (χ3v) is 12.2. The van der Waals surface area contributed by atoms with Gasteiger partial charge in [0, 0.05) is 35.2 Å². The summed E-state index contributed by atoms with van der Waals surface area (Å²) in [6, 6.07) is 16.6. The molecule has 2 aliphatic carbocycles. The minimum absolute atomic E-state index is 0.0874. The number of ether oxygens (including phenoxy) is 2. The molecule has 7 N–H and O–H groups in total. The van der Waals surface area contributed by atoms with Crippen molar-refractivity contribution in [3.63, 3.8) is 0 Å². The van der Waals surface area contributed by atoms with Crippen LogP contribution in [0.15, 0.2) is 66.7 Å². The smallest absolute Gasteiger partial charge is 0.475 e. The lowest BCUT2D eigenvalue weighted by atomic mass is 9.81. The number of anilines is 1. The maximum atomic E-state index is 14.5. The third-order valence-electron chi connectivity index (χ3n) is 12.2. The monoisotopic (exact) mass is 1050 g/mol. The number of carbonyl (C=O) groups is 6. The van der Waals surface area contributed by atoms with Crippen LogP contribution in [0.4, 0.5) is 49.6 Å². The fraction of sp³-hybridized carbons (Fsp3) is 0.447. The van der Waals surface area contributed by atoms with Gasteiger partial charge in [-0.1, -0.05) is 30.3 Å². The van der Waals surface area contributed by atoms with Crippen LogP contribution in [0.3, 0.4) is 0 Å². The molecule has 1 heterocycles. The molecule has 396 valence electrons. The van der Waals surface area contributed by atoms with Gasteiger partial charge >= 0.3 is 42.1 Å². The summed E-state index contributed by atoms with van der Waals surface area (Å²) in [6.45, 7) is 2.35. The molecule has 73 heavy (non-hydrogen) atoms. The highest BCUT2D eigenvalue weighted by atomic mass is 19.4. The number of carbonyl (C=O) groups excluding carboxylic acids is 5. The Morgan fingerprint density at radius 1 is 0.767 bits per heavy atom. The predicted octanol–water partition coefficient (Wildman–Crippen LogP) is 7.56. The summed E-state index contributed by atoms with van der Waals surface area (Å²) in [7, 11) is 0.539. The number of nitrogens with zero attached hydrogens (tertiary/aromatic N) is 2.